The van der Waals surface area contributed by atoms with Crippen molar-refractivity contribution in [3.05, 3.63) is 0 Å². The summed E-state index contributed by atoms with van der Waals surface area (Å²) >= 11 is 12.9. The van der Waals surface area contributed by atoms with Gasteiger partial charge in [0.2, 0.25) is 0 Å². The maximum Gasteiger partial charge on any atom is 0.0795 e. The minimum Gasteiger partial charge on any atom is -0.317 e. The molecule has 0 aromatic rings. The number of hydrogen-bond acceptors (Lipinski definition) is 7. The maximum atomic E-state index is 8.85. The Hall–Kier alpha value is 2.50. The van der Waals surface area contributed by atoms with E-state index in [-0.39, 0.29) is 0 Å². The number of thiol groups is 1. The number of rotatable bonds is 4. The van der Waals surface area contributed by atoms with Crippen molar-refractivity contribution in [2.75, 3.05) is 0 Å². The van der Waals surface area contributed by atoms with Crippen LogP contribution in [0.4, 0.5) is 0 Å². The molecule has 0 bridgehead atoms. The lowest BCUT2D eigenvalue weighted by molar-refractivity contribution is 0.668. The molecule has 0 aromatic heterocycles. The van der Waals surface area contributed by atoms with Crippen molar-refractivity contribution in [2.24, 2.45) is 0 Å². The highest BCUT2D eigenvalue weighted by Gasteiger charge is 1.96. The summed E-state index contributed by atoms with van der Waals surface area (Å²) in [6.07, 6.45) is 0. The lowest BCUT2D eigenvalue weighted by Crippen LogP contribution is -1.77. The van der Waals surface area contributed by atoms with E-state index in [1.807, 2.05) is 0 Å². The van der Waals surface area contributed by atoms with Crippen molar-refractivity contribution in [2.45, 2.75) is 0 Å². The highest BCUT2D eigenvalue weighted by atomic mass is 33.9. The Balaban J connectivity index is 3.30. The van der Waals surface area contributed by atoms with Crippen LogP contribution in [0.1, 0.15) is 0 Å². The largest absolute Gasteiger partial charge is 0.317 e. The van der Waals surface area contributed by atoms with Crippen molar-refractivity contribution in [3.63, 3.8) is 0 Å². The van der Waals surface area contributed by atoms with Gasteiger partial charge in [0.1, 0.15) is 0 Å². The Morgan fingerprint density at radius 3 is 2.22 bits per heavy atom. The quantitative estimate of drug-likeness (QED) is 0.461. The molecule has 0 radical (unpaired) electrons. The van der Waals surface area contributed by atoms with Gasteiger partial charge in [-0.15, -0.1) is 0 Å². The molecule has 1 N–H and O–H groups in total. The maximum absolute atomic E-state index is 8.85. The summed E-state index contributed by atoms with van der Waals surface area (Å²) in [5.74, 6) is 0. The fourth-order valence-corrected chi connectivity index (χ4v) is 12.3. The van der Waals surface area contributed by atoms with Gasteiger partial charge in [0.05, 0.1) is 6.46 Å². The van der Waals surface area contributed by atoms with Gasteiger partial charge in [0, 0.05) is 19.7 Å². The second-order valence-electron chi connectivity index (χ2n) is 0.706. The predicted molar refractivity (Wildman–Crippen MR) is 64.1 cm³/mol. The molecular formula is H2OS8. The van der Waals surface area contributed by atoms with Crippen LogP contribution >= 0.6 is 51.0 Å². The van der Waals surface area contributed by atoms with E-state index in [1.165, 1.54) is 29.5 Å². The lowest BCUT2D eigenvalue weighted by atomic mass is 15.9. The molecule has 56 valence electrons. The molecule has 0 spiro atoms. The zero-order chi connectivity index (χ0) is 7.33. The van der Waals surface area contributed by atoms with Crippen LogP contribution in [0.15, 0.2) is 0 Å². The SMILES string of the molecule is OS(=S)(=S)SSSSS. The van der Waals surface area contributed by atoms with Crippen molar-refractivity contribution in [1.29, 1.82) is 0 Å². The second-order valence-corrected chi connectivity index (χ2v) is 15.0. The molecule has 0 unspecified atom stereocenters. The normalized spacial score (nSPS) is 11.8. The first kappa shape index (κ1) is 11.5. The summed E-state index contributed by atoms with van der Waals surface area (Å²) in [6, 6.07) is 0. The van der Waals surface area contributed by atoms with Gasteiger partial charge in [-0.05, 0) is 42.0 Å². The van der Waals surface area contributed by atoms with Crippen molar-refractivity contribution < 1.29 is 4.55 Å². The van der Waals surface area contributed by atoms with E-state index in [0.29, 0.717) is 0 Å². The van der Waals surface area contributed by atoms with Crippen molar-refractivity contribution >= 4 is 79.8 Å². The molecule has 0 aromatic carbocycles. The first-order chi connectivity index (χ1) is 4.06. The van der Waals surface area contributed by atoms with Crippen molar-refractivity contribution in [3.8, 4) is 0 Å². The Morgan fingerprint density at radius 2 is 1.89 bits per heavy atom. The van der Waals surface area contributed by atoms with E-state index in [9.17, 15) is 0 Å². The summed E-state index contributed by atoms with van der Waals surface area (Å²) in [4.78, 5) is 0. The minimum absolute atomic E-state index is 1.14. The molecule has 0 aliphatic carbocycles. The third kappa shape index (κ3) is 10.5. The van der Waals surface area contributed by atoms with E-state index in [0.717, 1.165) is 9.83 Å². The van der Waals surface area contributed by atoms with Gasteiger partial charge in [-0.2, -0.15) is 0 Å². The Kier molecular flexibility index (Phi) is 7.75. The summed E-state index contributed by atoms with van der Waals surface area (Å²) in [5, 5.41) is 0. The van der Waals surface area contributed by atoms with Gasteiger partial charge in [-0.25, -0.2) is 0 Å². The average molecular weight is 275 g/mol. The highest BCUT2D eigenvalue weighted by Crippen LogP contribution is 2.46. The molecule has 9 heteroatoms. The fraction of sp³-hybridized carbons (Fsp3) is 0. The highest BCUT2D eigenvalue weighted by molar-refractivity contribution is 9.42. The van der Waals surface area contributed by atoms with Gasteiger partial charge >= 0.3 is 0 Å². The van der Waals surface area contributed by atoms with Crippen LogP contribution in [0.3, 0.4) is 0 Å². The topological polar surface area (TPSA) is 20.2 Å². The number of hydrogen-bond donors (Lipinski definition) is 2. The van der Waals surface area contributed by atoms with Crippen LogP contribution in [0, 0.1) is 0 Å². The summed E-state index contributed by atoms with van der Waals surface area (Å²) in [7, 11) is 5.22. The monoisotopic (exact) mass is 274 g/mol. The Morgan fingerprint density at radius 1 is 1.33 bits per heavy atom. The Labute approximate surface area is 83.3 Å². The molecule has 0 aliphatic rings. The molecule has 0 fully saturated rings. The molecule has 0 saturated heterocycles. The molecule has 0 saturated carbocycles. The third-order valence-corrected chi connectivity index (χ3v) is 12.3. The van der Waals surface area contributed by atoms with E-state index >= 15 is 0 Å². The summed E-state index contributed by atoms with van der Waals surface area (Å²) < 4.78 is 8.85. The van der Waals surface area contributed by atoms with Gasteiger partial charge in [-0.1, -0.05) is 11.7 Å². The smallest absolute Gasteiger partial charge is 0.0795 e. The van der Waals surface area contributed by atoms with E-state index in [4.69, 9.17) is 4.55 Å². The Bertz CT molecular complexity index is 140. The molecular weight excluding hydrogens is 273 g/mol. The first-order valence-electron chi connectivity index (χ1n) is 1.37. The molecule has 9 heavy (non-hydrogen) atoms. The molecule has 0 atom stereocenters. The zero-order valence-corrected chi connectivity index (χ0v) is 10.4. The standard InChI is InChI=1S/H2OS8/c1-9(3,4)8-7-6-5-2/h2H,(H,1,3,4). The van der Waals surface area contributed by atoms with Gasteiger partial charge < -0.3 is 4.55 Å². The minimum atomic E-state index is -2.22. The van der Waals surface area contributed by atoms with Gasteiger partial charge in [0.25, 0.3) is 0 Å². The zero-order valence-electron chi connectivity index (χ0n) is 3.75. The van der Waals surface area contributed by atoms with Crippen LogP contribution < -0.4 is 0 Å². The molecule has 0 amide bonds. The van der Waals surface area contributed by atoms with E-state index < -0.39 is 6.46 Å². The molecule has 0 aliphatic heterocycles. The molecule has 0 rings (SSSR count). The summed E-state index contributed by atoms with van der Waals surface area (Å²) in [6.45, 7) is -2.22. The molecule has 1 nitrogen and oxygen atoms in total. The fourth-order valence-electron chi connectivity index (χ4n) is 0.0589. The van der Waals surface area contributed by atoms with Crippen LogP contribution in [0.5, 0.6) is 0 Å². The van der Waals surface area contributed by atoms with E-state index in [2.05, 4.69) is 34.0 Å². The third-order valence-electron chi connectivity index (χ3n) is 0.172. The van der Waals surface area contributed by atoms with E-state index in [1.54, 1.807) is 0 Å². The second kappa shape index (κ2) is 6.06. The van der Waals surface area contributed by atoms with Gasteiger partial charge in [0.15, 0.2) is 0 Å². The van der Waals surface area contributed by atoms with Crippen LogP contribution in [-0.4, -0.2) is 4.55 Å². The predicted octanol–water partition coefficient (Wildman–Crippen LogP) is 2.97. The average Bonchev–Trinajstić information content (AvgIpc) is 1.63. The first-order valence-corrected chi connectivity index (χ1v) is 11.2. The summed E-state index contributed by atoms with van der Waals surface area (Å²) in [5.41, 5.74) is 0. The van der Waals surface area contributed by atoms with Crippen LogP contribution in [0.25, 0.3) is 0 Å². The van der Waals surface area contributed by atoms with Crippen LogP contribution in [-0.2, 0) is 28.8 Å². The van der Waals surface area contributed by atoms with Crippen LogP contribution in [0.2, 0.25) is 0 Å². The lowest BCUT2D eigenvalue weighted by Gasteiger charge is -1.95. The molecule has 0 heterocycles. The van der Waals surface area contributed by atoms with Crippen molar-refractivity contribution in [1.82, 2.24) is 0 Å². The van der Waals surface area contributed by atoms with Gasteiger partial charge in [-0.3, -0.25) is 0 Å².